The minimum atomic E-state index is -5.17. The highest BCUT2D eigenvalue weighted by molar-refractivity contribution is 7.73. The molecule has 0 saturated carbocycles. The fourth-order valence-corrected chi connectivity index (χ4v) is 7.36. The highest BCUT2D eigenvalue weighted by Gasteiger charge is 2.36. The molecule has 5 N–H and O–H groups in total. The van der Waals surface area contributed by atoms with Crippen LogP contribution in [0.1, 0.15) is 65.4 Å². The van der Waals surface area contributed by atoms with E-state index in [1.54, 1.807) is 13.3 Å². The minimum Gasteiger partial charge on any atom is -0.778 e. The molecule has 13 nitrogen and oxygen atoms in total. The van der Waals surface area contributed by atoms with Gasteiger partial charge >= 0.3 is 6.09 Å². The topological polar surface area (TPSA) is 199 Å². The number of Topliss-reactive ketones (excluding diaryl/α,β-unsaturated/α-hetero) is 1. The molecule has 4 unspecified atom stereocenters. The van der Waals surface area contributed by atoms with Crippen LogP contribution in [0.25, 0.3) is 0 Å². The zero-order valence-corrected chi connectivity index (χ0v) is 27.7. The summed E-state index contributed by atoms with van der Waals surface area (Å²) in [5.74, 6) is -0.866. The molecule has 43 heavy (non-hydrogen) atoms. The Morgan fingerprint density at radius 1 is 1.12 bits per heavy atom. The molecule has 0 aliphatic rings. The van der Waals surface area contributed by atoms with E-state index < -0.39 is 50.7 Å². The van der Waals surface area contributed by atoms with Crippen LogP contribution in [0.5, 0.6) is 0 Å². The first-order chi connectivity index (χ1) is 19.9. The number of benzene rings is 1. The molecule has 15 heteroatoms. The molecular formula is C28H48N4O9P2. The second kappa shape index (κ2) is 18.4. The molecule has 1 aromatic rings. The number of ketones is 1. The summed E-state index contributed by atoms with van der Waals surface area (Å²) in [6, 6.07) is 7.96. The second-order valence-electron chi connectivity index (χ2n) is 11.4. The zero-order valence-electron chi connectivity index (χ0n) is 25.9. The van der Waals surface area contributed by atoms with Crippen molar-refractivity contribution in [2.24, 2.45) is 16.9 Å². The number of quaternary nitrogens is 1. The molecule has 2 amide bonds. The van der Waals surface area contributed by atoms with Gasteiger partial charge in [-0.25, -0.2) is 9.80 Å². The standard InChI is InChI=1S/C28H48N4O9P2/c1-7-21(4)26(31-28(35)41-19-22-12-9-8-10-13-22)27(34)30-23(16-20(2)3)18-29-32(5)15-11-14-24(33)17-25(42(6,36)37)43(38,39)40/h8-10,12-13,18,20-21,23,25-26H,7,11,14-17,19H2,1-6H3,(H,30,34)(H,31,35)(H,36,37)(H2,38,39,40)/b29-18+/t21-,23-,25?,26-/m0/s1. The number of nitrogens with zero attached hydrogens (tertiary/aromatic N) is 1. The molecule has 1 rings (SSSR count). The quantitative estimate of drug-likeness (QED) is 0.0846. The first-order valence-corrected chi connectivity index (χ1v) is 18.3. The van der Waals surface area contributed by atoms with E-state index in [4.69, 9.17) is 4.74 Å². The monoisotopic (exact) mass is 646 g/mol. The molecule has 0 aromatic heterocycles. The molecule has 0 saturated heterocycles. The lowest BCUT2D eigenvalue weighted by atomic mass is 9.97. The van der Waals surface area contributed by atoms with Crippen molar-refractivity contribution in [2.75, 3.05) is 20.3 Å². The molecule has 0 aliphatic heterocycles. The molecule has 244 valence electrons. The van der Waals surface area contributed by atoms with Crippen LogP contribution >= 0.6 is 15.0 Å². The largest absolute Gasteiger partial charge is 0.778 e. The SMILES string of the molecule is CC[C@H](C)[C@H](NC(=O)OCc1ccccc1)C(=O)N[C@H](/C=N/[NH+](C)CCCC(=O)CC(P(C)(=O)O)P(=O)([O-])O)CC(C)C. The summed E-state index contributed by atoms with van der Waals surface area (Å²) >= 11 is 0. The summed E-state index contributed by atoms with van der Waals surface area (Å²) in [6.07, 6.45) is 1.67. The Balaban J connectivity index is 2.75. The fourth-order valence-electron chi connectivity index (χ4n) is 4.22. The van der Waals surface area contributed by atoms with E-state index in [1.807, 2.05) is 58.0 Å². The Kier molecular flexibility index (Phi) is 16.5. The number of hydrogen-bond acceptors (Lipinski definition) is 8. The lowest BCUT2D eigenvalue weighted by Gasteiger charge is -2.28. The first kappa shape index (κ1) is 38.6. The van der Waals surface area contributed by atoms with Crippen molar-refractivity contribution in [1.29, 1.82) is 0 Å². The van der Waals surface area contributed by atoms with E-state index in [0.29, 0.717) is 30.8 Å². The predicted molar refractivity (Wildman–Crippen MR) is 163 cm³/mol. The third kappa shape index (κ3) is 15.8. The van der Waals surface area contributed by atoms with Crippen LogP contribution in [0.15, 0.2) is 35.4 Å². The maximum atomic E-state index is 13.3. The fraction of sp³-hybridized carbons (Fsp3) is 0.643. The van der Waals surface area contributed by atoms with Crippen LogP contribution in [0, 0.1) is 11.8 Å². The van der Waals surface area contributed by atoms with E-state index in [1.165, 1.54) is 0 Å². The maximum absolute atomic E-state index is 13.3. The molecule has 0 aliphatic carbocycles. The van der Waals surface area contributed by atoms with Gasteiger partial charge in [0.2, 0.25) is 13.3 Å². The van der Waals surface area contributed by atoms with Crippen molar-refractivity contribution in [3.8, 4) is 0 Å². The number of rotatable bonds is 19. The Labute approximate surface area is 254 Å². The molecule has 0 spiro atoms. The highest BCUT2D eigenvalue weighted by atomic mass is 31.2. The number of carbonyl (C=O) groups is 3. The van der Waals surface area contributed by atoms with Gasteiger partial charge in [-0.15, -0.1) is 0 Å². The van der Waals surface area contributed by atoms with Crippen molar-refractivity contribution >= 4 is 39.0 Å². The average Bonchev–Trinajstić information content (AvgIpc) is 2.90. The van der Waals surface area contributed by atoms with Gasteiger partial charge in [0.1, 0.15) is 38.0 Å². The van der Waals surface area contributed by atoms with Gasteiger partial charge in [-0.1, -0.05) is 69.5 Å². The van der Waals surface area contributed by atoms with E-state index in [0.717, 1.165) is 12.2 Å². The van der Waals surface area contributed by atoms with E-state index in [-0.39, 0.29) is 30.8 Å². The van der Waals surface area contributed by atoms with Crippen LogP contribution in [0.3, 0.4) is 0 Å². The number of nitrogens with one attached hydrogen (secondary N) is 3. The lowest BCUT2D eigenvalue weighted by molar-refractivity contribution is -0.886. The van der Waals surface area contributed by atoms with Gasteiger partial charge in [0.15, 0.2) is 0 Å². The van der Waals surface area contributed by atoms with Gasteiger partial charge in [-0.3, -0.25) is 14.2 Å². The number of alkyl carbamates (subject to hydrolysis) is 1. The van der Waals surface area contributed by atoms with Gasteiger partial charge in [-0.05, 0) is 23.8 Å². The normalized spacial score (nSPS) is 18.1. The molecule has 1 aromatic carbocycles. The van der Waals surface area contributed by atoms with Crippen LogP contribution < -0.4 is 20.5 Å². The van der Waals surface area contributed by atoms with E-state index in [9.17, 15) is 38.2 Å². The molecule has 0 bridgehead atoms. The Morgan fingerprint density at radius 3 is 2.28 bits per heavy atom. The molecule has 0 heterocycles. The number of ether oxygens (including phenoxy) is 1. The van der Waals surface area contributed by atoms with Crippen molar-refractivity contribution in [2.45, 2.75) is 83.9 Å². The van der Waals surface area contributed by atoms with Gasteiger partial charge in [-0.2, -0.15) is 0 Å². The third-order valence-corrected chi connectivity index (χ3v) is 11.2. The van der Waals surface area contributed by atoms with Gasteiger partial charge in [0.05, 0.1) is 19.3 Å². The molecular weight excluding hydrogens is 598 g/mol. The van der Waals surface area contributed by atoms with Crippen molar-refractivity contribution in [3.05, 3.63) is 35.9 Å². The van der Waals surface area contributed by atoms with E-state index >= 15 is 0 Å². The van der Waals surface area contributed by atoms with Crippen LogP contribution in [0.4, 0.5) is 4.79 Å². The summed E-state index contributed by atoms with van der Waals surface area (Å²) in [4.78, 5) is 68.3. The number of amides is 2. The molecule has 0 fully saturated rings. The smallest absolute Gasteiger partial charge is 0.408 e. The second-order valence-corrected chi connectivity index (χ2v) is 16.1. The minimum absolute atomic E-state index is 0.0574. The summed E-state index contributed by atoms with van der Waals surface area (Å²) in [5, 5.41) is 8.75. The number of carbonyl (C=O) groups excluding carboxylic acids is 3. The van der Waals surface area contributed by atoms with Crippen molar-refractivity contribution in [3.63, 3.8) is 0 Å². The highest BCUT2D eigenvalue weighted by Crippen LogP contribution is 2.59. The average molecular weight is 647 g/mol. The maximum Gasteiger partial charge on any atom is 0.408 e. The lowest BCUT2D eigenvalue weighted by Crippen LogP contribution is -3.04. The summed E-state index contributed by atoms with van der Waals surface area (Å²) in [6.45, 7) is 9.05. The van der Waals surface area contributed by atoms with Gasteiger partial charge < -0.3 is 34.6 Å². The Hall–Kier alpha value is -2.40. The Bertz CT molecular complexity index is 1130. The Morgan fingerprint density at radius 2 is 1.74 bits per heavy atom. The van der Waals surface area contributed by atoms with E-state index in [2.05, 4.69) is 15.7 Å². The van der Waals surface area contributed by atoms with Crippen LogP contribution in [0.2, 0.25) is 0 Å². The molecule has 7 atom stereocenters. The van der Waals surface area contributed by atoms with Gasteiger partial charge in [0.25, 0.3) is 0 Å². The molecule has 0 radical (unpaired) electrons. The predicted octanol–water partition coefficient (Wildman–Crippen LogP) is 1.87. The summed E-state index contributed by atoms with van der Waals surface area (Å²) < 4.78 is 28.6. The first-order valence-electron chi connectivity index (χ1n) is 14.4. The summed E-state index contributed by atoms with van der Waals surface area (Å²) in [5.41, 5.74) is 0.825. The zero-order chi connectivity index (χ0) is 32.8. The summed E-state index contributed by atoms with van der Waals surface area (Å²) in [7, 11) is -7.65. The van der Waals surface area contributed by atoms with Crippen LogP contribution in [-0.2, 0) is 30.1 Å². The van der Waals surface area contributed by atoms with Crippen molar-refractivity contribution < 1.29 is 47.9 Å². The van der Waals surface area contributed by atoms with Crippen molar-refractivity contribution in [1.82, 2.24) is 10.6 Å². The third-order valence-electron chi connectivity index (χ3n) is 6.84. The van der Waals surface area contributed by atoms with Gasteiger partial charge in [0, 0.05) is 25.9 Å². The van der Waals surface area contributed by atoms with Crippen LogP contribution in [-0.4, -0.2) is 71.5 Å². The number of hydrogen-bond donors (Lipinski definition) is 5.